The van der Waals surface area contributed by atoms with Crippen molar-refractivity contribution < 1.29 is 0 Å². The maximum atomic E-state index is 6.02. The summed E-state index contributed by atoms with van der Waals surface area (Å²) in [5.41, 5.74) is 4.35. The summed E-state index contributed by atoms with van der Waals surface area (Å²) in [6.07, 6.45) is 1.46. The molecule has 2 rings (SSSR count). The van der Waals surface area contributed by atoms with E-state index in [-0.39, 0.29) is 5.92 Å². The van der Waals surface area contributed by atoms with Gasteiger partial charge in [0, 0.05) is 15.1 Å². The fraction of sp³-hybridized carbons (Fsp3) is 0.231. The smallest absolute Gasteiger partial charge is 0.148 e. The average Bonchev–Trinajstić information content (AvgIpc) is 2.42. The fourth-order valence-corrected chi connectivity index (χ4v) is 2.40. The lowest BCUT2D eigenvalue weighted by Gasteiger charge is -2.17. The third-order valence-electron chi connectivity index (χ3n) is 2.78. The molecule has 0 aliphatic carbocycles. The van der Waals surface area contributed by atoms with E-state index >= 15 is 0 Å². The Hall–Kier alpha value is -1.37. The molecule has 2 aromatic rings. The summed E-state index contributed by atoms with van der Waals surface area (Å²) >= 11 is 9.50. The van der Waals surface area contributed by atoms with Crippen LogP contribution in [0.15, 0.2) is 29.0 Å². The van der Waals surface area contributed by atoms with Crippen molar-refractivity contribution in [3.8, 4) is 0 Å². The molecule has 0 radical (unpaired) electrons. The van der Waals surface area contributed by atoms with Crippen LogP contribution in [0.4, 0.5) is 17.3 Å². The maximum absolute atomic E-state index is 6.02. The van der Waals surface area contributed by atoms with Gasteiger partial charge >= 0.3 is 0 Å². The molecule has 0 fully saturated rings. The molecule has 0 amide bonds. The highest BCUT2D eigenvalue weighted by Crippen LogP contribution is 2.33. The summed E-state index contributed by atoms with van der Waals surface area (Å²) in [6, 6.07) is 5.52. The van der Waals surface area contributed by atoms with E-state index < -0.39 is 0 Å². The molecular weight excluding hydrogens is 342 g/mol. The molecule has 20 heavy (non-hydrogen) atoms. The maximum Gasteiger partial charge on any atom is 0.148 e. The minimum Gasteiger partial charge on any atom is -0.339 e. The van der Waals surface area contributed by atoms with Gasteiger partial charge in [-0.2, -0.15) is 0 Å². The molecule has 0 unspecified atom stereocenters. The summed E-state index contributed by atoms with van der Waals surface area (Å²) in [5, 5.41) is 3.91. The van der Waals surface area contributed by atoms with E-state index in [2.05, 4.69) is 50.5 Å². The first-order valence-electron chi connectivity index (χ1n) is 6.06. The first-order chi connectivity index (χ1) is 9.52. The lowest BCUT2D eigenvalue weighted by Crippen LogP contribution is -2.14. The van der Waals surface area contributed by atoms with Crippen LogP contribution in [0.3, 0.4) is 0 Å². The Morgan fingerprint density at radius 1 is 1.25 bits per heavy atom. The van der Waals surface area contributed by atoms with Crippen molar-refractivity contribution in [1.29, 1.82) is 0 Å². The molecule has 7 heteroatoms. The van der Waals surface area contributed by atoms with E-state index in [0.29, 0.717) is 16.7 Å². The summed E-state index contributed by atoms with van der Waals surface area (Å²) < 4.78 is 0.900. The minimum atomic E-state index is 0.211. The van der Waals surface area contributed by atoms with Gasteiger partial charge in [-0.1, -0.05) is 25.4 Å². The SMILES string of the molecule is CC(C)c1c(NN)ncnc1Nc1cc(Cl)ccc1Br. The van der Waals surface area contributed by atoms with Crippen LogP contribution < -0.4 is 16.6 Å². The van der Waals surface area contributed by atoms with E-state index in [1.165, 1.54) is 6.33 Å². The highest BCUT2D eigenvalue weighted by atomic mass is 79.9. The molecule has 0 saturated carbocycles. The standard InChI is InChI=1S/C13H15BrClN5/c1-7(2)11-12(17-6-18-13(11)20-16)19-10-5-8(15)3-4-9(10)14/h3-7H,16H2,1-2H3,(H2,17,18,19,20). The Morgan fingerprint density at radius 2 is 1.95 bits per heavy atom. The van der Waals surface area contributed by atoms with Gasteiger partial charge in [0.1, 0.15) is 18.0 Å². The molecule has 5 nitrogen and oxygen atoms in total. The zero-order valence-electron chi connectivity index (χ0n) is 11.1. The second-order valence-electron chi connectivity index (χ2n) is 4.53. The number of nitrogens with one attached hydrogen (secondary N) is 2. The minimum absolute atomic E-state index is 0.211. The predicted molar refractivity (Wildman–Crippen MR) is 86.4 cm³/mol. The van der Waals surface area contributed by atoms with Gasteiger partial charge in [-0.05, 0) is 40.0 Å². The van der Waals surface area contributed by atoms with Crippen molar-refractivity contribution in [2.75, 3.05) is 10.7 Å². The third-order valence-corrected chi connectivity index (χ3v) is 3.71. The first-order valence-corrected chi connectivity index (χ1v) is 7.23. The van der Waals surface area contributed by atoms with Gasteiger partial charge in [-0.25, -0.2) is 15.8 Å². The molecule has 0 bridgehead atoms. The zero-order chi connectivity index (χ0) is 14.7. The van der Waals surface area contributed by atoms with E-state index in [1.54, 1.807) is 0 Å². The molecule has 0 aliphatic heterocycles. The van der Waals surface area contributed by atoms with Gasteiger partial charge < -0.3 is 10.7 Å². The van der Waals surface area contributed by atoms with Crippen LogP contribution in [0.1, 0.15) is 25.3 Å². The van der Waals surface area contributed by atoms with Gasteiger partial charge in [0.15, 0.2) is 0 Å². The van der Waals surface area contributed by atoms with Gasteiger partial charge in [0.25, 0.3) is 0 Å². The molecule has 1 aromatic carbocycles. The van der Waals surface area contributed by atoms with Crippen molar-refractivity contribution in [1.82, 2.24) is 9.97 Å². The number of nitrogen functional groups attached to an aromatic ring is 1. The highest BCUT2D eigenvalue weighted by molar-refractivity contribution is 9.10. The quantitative estimate of drug-likeness (QED) is 0.569. The Kier molecular flexibility index (Phi) is 4.80. The number of nitrogens with two attached hydrogens (primary N) is 1. The van der Waals surface area contributed by atoms with Crippen LogP contribution in [-0.4, -0.2) is 9.97 Å². The molecule has 1 heterocycles. The number of nitrogens with zero attached hydrogens (tertiary/aromatic N) is 2. The lowest BCUT2D eigenvalue weighted by atomic mass is 10.0. The van der Waals surface area contributed by atoms with E-state index in [9.17, 15) is 0 Å². The number of aromatic nitrogens is 2. The molecule has 0 saturated heterocycles. The molecule has 0 atom stereocenters. The first kappa shape index (κ1) is 15.0. The van der Waals surface area contributed by atoms with Crippen molar-refractivity contribution in [3.05, 3.63) is 39.6 Å². The number of hydrogen-bond acceptors (Lipinski definition) is 5. The van der Waals surface area contributed by atoms with Gasteiger partial charge in [0.2, 0.25) is 0 Å². The van der Waals surface area contributed by atoms with E-state index in [1.807, 2.05) is 18.2 Å². The number of benzene rings is 1. The normalized spacial score (nSPS) is 10.7. The van der Waals surface area contributed by atoms with Crippen molar-refractivity contribution in [2.45, 2.75) is 19.8 Å². The highest BCUT2D eigenvalue weighted by Gasteiger charge is 2.15. The van der Waals surface area contributed by atoms with Gasteiger partial charge in [0.05, 0.1) is 5.69 Å². The van der Waals surface area contributed by atoms with E-state index in [0.717, 1.165) is 15.7 Å². The molecule has 0 aliphatic rings. The van der Waals surface area contributed by atoms with Crippen molar-refractivity contribution in [2.24, 2.45) is 5.84 Å². The van der Waals surface area contributed by atoms with Crippen LogP contribution in [0.2, 0.25) is 5.02 Å². The van der Waals surface area contributed by atoms with Gasteiger partial charge in [-0.15, -0.1) is 0 Å². The summed E-state index contributed by atoms with van der Waals surface area (Å²) in [6.45, 7) is 4.11. The Balaban J connectivity index is 2.45. The lowest BCUT2D eigenvalue weighted by molar-refractivity contribution is 0.850. The number of anilines is 3. The second kappa shape index (κ2) is 6.39. The second-order valence-corrected chi connectivity index (χ2v) is 5.82. The van der Waals surface area contributed by atoms with Crippen LogP contribution in [-0.2, 0) is 0 Å². The zero-order valence-corrected chi connectivity index (χ0v) is 13.5. The number of halogens is 2. The number of rotatable bonds is 4. The van der Waals surface area contributed by atoms with E-state index in [4.69, 9.17) is 17.4 Å². The topological polar surface area (TPSA) is 75.9 Å². The molecule has 4 N–H and O–H groups in total. The van der Waals surface area contributed by atoms with Crippen LogP contribution >= 0.6 is 27.5 Å². The Labute approximate surface area is 131 Å². The average molecular weight is 357 g/mol. The fourth-order valence-electron chi connectivity index (χ4n) is 1.88. The van der Waals surface area contributed by atoms with Crippen LogP contribution in [0.5, 0.6) is 0 Å². The van der Waals surface area contributed by atoms with Crippen LogP contribution in [0.25, 0.3) is 0 Å². The van der Waals surface area contributed by atoms with Crippen molar-refractivity contribution >= 4 is 44.9 Å². The van der Waals surface area contributed by atoms with Gasteiger partial charge in [-0.3, -0.25) is 0 Å². The predicted octanol–water partition coefficient (Wildman–Crippen LogP) is 4.05. The largest absolute Gasteiger partial charge is 0.339 e. The molecule has 0 spiro atoms. The Bertz CT molecular complexity index is 618. The summed E-state index contributed by atoms with van der Waals surface area (Å²) in [4.78, 5) is 8.43. The van der Waals surface area contributed by atoms with Crippen molar-refractivity contribution in [3.63, 3.8) is 0 Å². The third kappa shape index (κ3) is 3.20. The summed E-state index contributed by atoms with van der Waals surface area (Å²) in [7, 11) is 0. The monoisotopic (exact) mass is 355 g/mol. The van der Waals surface area contributed by atoms with Crippen LogP contribution in [0, 0.1) is 0 Å². The number of hydrazine groups is 1. The summed E-state index contributed by atoms with van der Waals surface area (Å²) in [5.74, 6) is 7.02. The molecule has 1 aromatic heterocycles. The number of hydrogen-bond donors (Lipinski definition) is 3. The Morgan fingerprint density at radius 3 is 2.60 bits per heavy atom. The molecular formula is C13H15BrClN5. The molecule has 106 valence electrons.